The number of ether oxygens (including phenoxy) is 1. The molecule has 0 radical (unpaired) electrons. The van der Waals surface area contributed by atoms with E-state index < -0.39 is 10.0 Å². The Hall–Kier alpha value is -2.29. The smallest absolute Gasteiger partial charge is 0.243 e. The lowest BCUT2D eigenvalue weighted by atomic mass is 9.97. The second-order valence-corrected chi connectivity index (χ2v) is 10.5. The van der Waals surface area contributed by atoms with Gasteiger partial charge in [-0.25, -0.2) is 8.42 Å². The summed E-state index contributed by atoms with van der Waals surface area (Å²) < 4.78 is 33.0. The molecule has 32 heavy (non-hydrogen) atoms. The molecule has 7 nitrogen and oxygen atoms in total. The number of para-hydroxylation sites is 2. The Labute approximate surface area is 194 Å². The van der Waals surface area contributed by atoms with Gasteiger partial charge in [-0.1, -0.05) is 23.7 Å². The number of piperazine rings is 1. The summed E-state index contributed by atoms with van der Waals surface area (Å²) in [5, 5.41) is 0.489. The van der Waals surface area contributed by atoms with E-state index >= 15 is 0 Å². The third-order valence-electron chi connectivity index (χ3n) is 6.20. The lowest BCUT2D eigenvalue weighted by molar-refractivity contribution is -0.137. The van der Waals surface area contributed by atoms with Crippen LogP contribution < -0.4 is 9.64 Å². The minimum Gasteiger partial charge on any atom is -0.495 e. The lowest BCUT2D eigenvalue weighted by Gasteiger charge is -2.39. The van der Waals surface area contributed by atoms with Crippen LogP contribution in [-0.2, 0) is 14.8 Å². The number of sulfonamides is 1. The molecule has 0 aromatic heterocycles. The number of hydrogen-bond donors (Lipinski definition) is 0. The van der Waals surface area contributed by atoms with E-state index in [1.807, 2.05) is 29.2 Å². The molecule has 1 amide bonds. The third kappa shape index (κ3) is 4.72. The first kappa shape index (κ1) is 22.9. The Morgan fingerprint density at radius 3 is 2.38 bits per heavy atom. The van der Waals surface area contributed by atoms with Crippen LogP contribution in [0.3, 0.4) is 0 Å². The van der Waals surface area contributed by atoms with Crippen molar-refractivity contribution in [3.63, 3.8) is 0 Å². The highest BCUT2D eigenvalue weighted by atomic mass is 35.5. The highest BCUT2D eigenvalue weighted by Crippen LogP contribution is 2.30. The van der Waals surface area contributed by atoms with Gasteiger partial charge in [-0.05, 0) is 49.2 Å². The minimum atomic E-state index is -3.65. The van der Waals surface area contributed by atoms with Crippen molar-refractivity contribution < 1.29 is 17.9 Å². The van der Waals surface area contributed by atoms with Gasteiger partial charge in [0.15, 0.2) is 0 Å². The summed E-state index contributed by atoms with van der Waals surface area (Å²) in [6, 6.07) is 14.1. The number of piperidine rings is 1. The molecule has 0 bridgehead atoms. The summed E-state index contributed by atoms with van der Waals surface area (Å²) in [5.41, 5.74) is 1.03. The first-order valence-corrected chi connectivity index (χ1v) is 12.6. The van der Waals surface area contributed by atoms with Gasteiger partial charge < -0.3 is 14.5 Å². The van der Waals surface area contributed by atoms with Gasteiger partial charge in [0.05, 0.1) is 23.6 Å². The number of carbonyl (C=O) groups excluding carboxylic acids is 1. The Bertz CT molecular complexity index is 1050. The van der Waals surface area contributed by atoms with Gasteiger partial charge in [-0.15, -0.1) is 0 Å². The molecule has 172 valence electrons. The summed E-state index contributed by atoms with van der Waals surface area (Å²) in [4.78, 5) is 17.5. The average molecular weight is 478 g/mol. The van der Waals surface area contributed by atoms with Crippen molar-refractivity contribution in [1.29, 1.82) is 0 Å². The zero-order valence-electron chi connectivity index (χ0n) is 18.1. The molecule has 2 aromatic rings. The van der Waals surface area contributed by atoms with Crippen LogP contribution >= 0.6 is 11.6 Å². The zero-order valence-corrected chi connectivity index (χ0v) is 19.7. The van der Waals surface area contributed by atoms with Crippen LogP contribution in [0, 0.1) is 5.92 Å². The molecule has 2 saturated heterocycles. The maximum Gasteiger partial charge on any atom is 0.243 e. The summed E-state index contributed by atoms with van der Waals surface area (Å²) in [5.74, 6) is 0.548. The Balaban J connectivity index is 1.39. The molecular formula is C23H28ClN3O4S. The second-order valence-electron chi connectivity index (χ2n) is 8.14. The van der Waals surface area contributed by atoms with Gasteiger partial charge in [0.25, 0.3) is 0 Å². The van der Waals surface area contributed by atoms with Crippen molar-refractivity contribution >= 4 is 33.2 Å². The van der Waals surface area contributed by atoms with Gasteiger partial charge in [0.2, 0.25) is 15.9 Å². The van der Waals surface area contributed by atoms with Crippen molar-refractivity contribution in [3.8, 4) is 5.75 Å². The molecule has 0 aliphatic carbocycles. The van der Waals surface area contributed by atoms with Crippen LogP contribution in [0.15, 0.2) is 53.4 Å². The first-order valence-electron chi connectivity index (χ1n) is 10.8. The number of anilines is 1. The summed E-state index contributed by atoms with van der Waals surface area (Å²) >= 11 is 5.90. The van der Waals surface area contributed by atoms with Gasteiger partial charge >= 0.3 is 0 Å². The summed E-state index contributed by atoms with van der Waals surface area (Å²) in [7, 11) is -1.99. The van der Waals surface area contributed by atoms with E-state index in [-0.39, 0.29) is 23.3 Å². The normalized spacial score (nSPS) is 20.2. The lowest BCUT2D eigenvalue weighted by Crippen LogP contribution is -2.53. The van der Waals surface area contributed by atoms with E-state index in [9.17, 15) is 13.2 Å². The van der Waals surface area contributed by atoms with Gasteiger partial charge in [-0.2, -0.15) is 4.31 Å². The van der Waals surface area contributed by atoms with E-state index in [1.54, 1.807) is 19.2 Å². The largest absolute Gasteiger partial charge is 0.495 e. The zero-order chi connectivity index (χ0) is 22.7. The monoisotopic (exact) mass is 477 g/mol. The topological polar surface area (TPSA) is 70.2 Å². The molecule has 0 saturated carbocycles. The summed E-state index contributed by atoms with van der Waals surface area (Å²) in [6.07, 6.45) is 1.38. The van der Waals surface area contributed by atoms with E-state index in [2.05, 4.69) is 4.90 Å². The summed E-state index contributed by atoms with van der Waals surface area (Å²) in [6.45, 7) is 3.29. The SMILES string of the molecule is COc1ccccc1N1CCN(C(=O)[C@@H]2CCCN(S(=O)(=O)c3ccc(Cl)cc3)C2)CC1. The van der Waals surface area contributed by atoms with Crippen LogP contribution in [0.1, 0.15) is 12.8 Å². The molecule has 2 fully saturated rings. The van der Waals surface area contributed by atoms with Crippen LogP contribution in [0.4, 0.5) is 5.69 Å². The predicted octanol–water partition coefficient (Wildman–Crippen LogP) is 3.10. The van der Waals surface area contributed by atoms with Crippen molar-refractivity contribution in [3.05, 3.63) is 53.6 Å². The third-order valence-corrected chi connectivity index (χ3v) is 8.33. The van der Waals surface area contributed by atoms with Crippen LogP contribution in [-0.4, -0.2) is 69.9 Å². The van der Waals surface area contributed by atoms with Crippen molar-refractivity contribution in [2.24, 2.45) is 5.92 Å². The minimum absolute atomic E-state index is 0.0423. The molecule has 1 atom stereocenters. The number of halogens is 1. The van der Waals surface area contributed by atoms with Gasteiger partial charge in [-0.3, -0.25) is 4.79 Å². The first-order chi connectivity index (χ1) is 15.4. The van der Waals surface area contributed by atoms with E-state index in [0.29, 0.717) is 50.6 Å². The number of carbonyl (C=O) groups is 1. The molecule has 2 heterocycles. The van der Waals surface area contributed by atoms with Crippen molar-refractivity contribution in [2.75, 3.05) is 51.3 Å². The van der Waals surface area contributed by atoms with Gasteiger partial charge in [0, 0.05) is 44.3 Å². The maximum absolute atomic E-state index is 13.2. The second kappa shape index (κ2) is 9.68. The van der Waals surface area contributed by atoms with E-state index in [0.717, 1.165) is 11.4 Å². The van der Waals surface area contributed by atoms with Crippen LogP contribution in [0.2, 0.25) is 5.02 Å². The molecular weight excluding hydrogens is 450 g/mol. The molecule has 0 unspecified atom stereocenters. The Morgan fingerprint density at radius 1 is 1.00 bits per heavy atom. The molecule has 2 aliphatic heterocycles. The molecule has 2 aliphatic rings. The number of nitrogens with zero attached hydrogens (tertiary/aromatic N) is 3. The fraction of sp³-hybridized carbons (Fsp3) is 0.435. The number of hydrogen-bond acceptors (Lipinski definition) is 5. The molecule has 4 rings (SSSR count). The predicted molar refractivity (Wildman–Crippen MR) is 125 cm³/mol. The Kier molecular flexibility index (Phi) is 6.93. The van der Waals surface area contributed by atoms with Crippen molar-refractivity contribution in [2.45, 2.75) is 17.7 Å². The molecule has 2 aromatic carbocycles. The fourth-order valence-corrected chi connectivity index (χ4v) is 6.08. The molecule has 0 N–H and O–H groups in total. The molecule has 9 heteroatoms. The fourth-order valence-electron chi connectivity index (χ4n) is 4.43. The quantitative estimate of drug-likeness (QED) is 0.661. The van der Waals surface area contributed by atoms with Crippen LogP contribution in [0.5, 0.6) is 5.75 Å². The highest BCUT2D eigenvalue weighted by Gasteiger charge is 2.36. The van der Waals surface area contributed by atoms with E-state index in [1.165, 1.54) is 16.4 Å². The number of amides is 1. The highest BCUT2D eigenvalue weighted by molar-refractivity contribution is 7.89. The van der Waals surface area contributed by atoms with Crippen molar-refractivity contribution in [1.82, 2.24) is 9.21 Å². The number of rotatable bonds is 5. The average Bonchev–Trinajstić information content (AvgIpc) is 2.84. The standard InChI is InChI=1S/C23H28ClN3O4S/c1-31-22-7-3-2-6-21(22)25-13-15-26(16-14-25)23(28)18-5-4-12-27(17-18)32(29,30)20-10-8-19(24)9-11-20/h2-3,6-11,18H,4-5,12-17H2,1H3/t18-/m1/s1. The van der Waals surface area contributed by atoms with Crippen LogP contribution in [0.25, 0.3) is 0 Å². The number of benzene rings is 2. The van der Waals surface area contributed by atoms with Gasteiger partial charge in [0.1, 0.15) is 5.75 Å². The molecule has 0 spiro atoms. The number of methoxy groups -OCH3 is 1. The van der Waals surface area contributed by atoms with E-state index in [4.69, 9.17) is 16.3 Å². The Morgan fingerprint density at radius 2 is 1.69 bits per heavy atom. The maximum atomic E-state index is 13.2.